The van der Waals surface area contributed by atoms with Gasteiger partial charge in [0.1, 0.15) is 0 Å². The lowest BCUT2D eigenvalue weighted by atomic mass is 10.2. The van der Waals surface area contributed by atoms with Gasteiger partial charge in [-0.3, -0.25) is 4.79 Å². The minimum absolute atomic E-state index is 0.0257. The zero-order valence-corrected chi connectivity index (χ0v) is 12.7. The molecule has 0 radical (unpaired) electrons. The topological polar surface area (TPSA) is 92.5 Å². The molecule has 116 valence electrons. The molecule has 0 aliphatic carbocycles. The van der Waals surface area contributed by atoms with Crippen LogP contribution in [0.2, 0.25) is 0 Å². The second kappa shape index (κ2) is 7.02. The molecule has 0 unspecified atom stereocenters. The van der Waals surface area contributed by atoms with Gasteiger partial charge in [0.2, 0.25) is 5.91 Å². The van der Waals surface area contributed by atoms with E-state index in [1.807, 2.05) is 4.90 Å². The lowest BCUT2D eigenvalue weighted by Crippen LogP contribution is -2.32. The Hall–Kier alpha value is -1.44. The van der Waals surface area contributed by atoms with Gasteiger partial charge in [-0.15, -0.1) is 0 Å². The summed E-state index contributed by atoms with van der Waals surface area (Å²) < 4.78 is 24.6. The van der Waals surface area contributed by atoms with E-state index in [9.17, 15) is 13.2 Å². The maximum atomic E-state index is 12.3. The lowest BCUT2D eigenvalue weighted by molar-refractivity contribution is -0.120. The third kappa shape index (κ3) is 4.52. The quantitative estimate of drug-likeness (QED) is 0.782. The highest BCUT2D eigenvalue weighted by molar-refractivity contribution is 7.91. The zero-order valence-electron chi connectivity index (χ0n) is 11.9. The standard InChI is InChI=1S/C14H21N3O3S/c15-11-12-1-3-13(4-2-12)21(19,20)10-9-17-7-5-14(18)16-6-8-17/h1-4H,5-11,15H2,(H,16,18). The molecule has 1 fully saturated rings. The summed E-state index contributed by atoms with van der Waals surface area (Å²) in [6.45, 7) is 2.70. The first-order valence-corrected chi connectivity index (χ1v) is 8.67. The Balaban J connectivity index is 1.95. The van der Waals surface area contributed by atoms with Crippen molar-refractivity contribution in [1.82, 2.24) is 10.2 Å². The first kappa shape index (κ1) is 15.9. The van der Waals surface area contributed by atoms with Crippen LogP contribution in [0.1, 0.15) is 12.0 Å². The zero-order chi connectivity index (χ0) is 15.3. The molecule has 21 heavy (non-hydrogen) atoms. The fourth-order valence-corrected chi connectivity index (χ4v) is 3.52. The minimum Gasteiger partial charge on any atom is -0.355 e. The van der Waals surface area contributed by atoms with Crippen molar-refractivity contribution < 1.29 is 13.2 Å². The van der Waals surface area contributed by atoms with Crippen LogP contribution in [0.25, 0.3) is 0 Å². The molecule has 0 aromatic heterocycles. The number of amides is 1. The molecule has 1 saturated heterocycles. The van der Waals surface area contributed by atoms with Crippen molar-refractivity contribution in [1.29, 1.82) is 0 Å². The van der Waals surface area contributed by atoms with E-state index in [0.29, 0.717) is 44.0 Å². The highest BCUT2D eigenvalue weighted by Crippen LogP contribution is 2.13. The van der Waals surface area contributed by atoms with Gasteiger partial charge in [0, 0.05) is 39.1 Å². The van der Waals surface area contributed by atoms with E-state index >= 15 is 0 Å². The van der Waals surface area contributed by atoms with E-state index in [-0.39, 0.29) is 11.7 Å². The van der Waals surface area contributed by atoms with Crippen LogP contribution >= 0.6 is 0 Å². The number of nitrogens with two attached hydrogens (primary N) is 1. The summed E-state index contributed by atoms with van der Waals surface area (Å²) >= 11 is 0. The van der Waals surface area contributed by atoms with Gasteiger partial charge in [0.05, 0.1) is 10.6 Å². The molecule has 0 atom stereocenters. The van der Waals surface area contributed by atoms with Crippen molar-refractivity contribution in [2.75, 3.05) is 31.9 Å². The van der Waals surface area contributed by atoms with E-state index in [1.165, 1.54) is 0 Å². The SMILES string of the molecule is NCc1ccc(S(=O)(=O)CCN2CCNC(=O)CC2)cc1. The van der Waals surface area contributed by atoms with Crippen LogP contribution in [-0.2, 0) is 21.2 Å². The van der Waals surface area contributed by atoms with Gasteiger partial charge >= 0.3 is 0 Å². The highest BCUT2D eigenvalue weighted by Gasteiger charge is 2.18. The molecule has 0 saturated carbocycles. The maximum Gasteiger partial charge on any atom is 0.221 e. The first-order chi connectivity index (χ1) is 10.0. The van der Waals surface area contributed by atoms with Gasteiger partial charge in [-0.05, 0) is 17.7 Å². The predicted molar refractivity (Wildman–Crippen MR) is 80.5 cm³/mol. The molecular formula is C14H21N3O3S. The molecule has 1 amide bonds. The predicted octanol–water partition coefficient (Wildman–Crippen LogP) is -0.259. The van der Waals surface area contributed by atoms with Crippen molar-refractivity contribution in [2.24, 2.45) is 5.73 Å². The molecule has 1 aromatic rings. The van der Waals surface area contributed by atoms with E-state index in [1.54, 1.807) is 24.3 Å². The van der Waals surface area contributed by atoms with Gasteiger partial charge in [0.15, 0.2) is 9.84 Å². The number of carbonyl (C=O) groups excluding carboxylic acids is 1. The van der Waals surface area contributed by atoms with Gasteiger partial charge in [-0.1, -0.05) is 12.1 Å². The number of hydrogen-bond acceptors (Lipinski definition) is 5. The van der Waals surface area contributed by atoms with Crippen LogP contribution in [-0.4, -0.2) is 51.2 Å². The van der Waals surface area contributed by atoms with Crippen molar-refractivity contribution in [3.63, 3.8) is 0 Å². The molecule has 6 nitrogen and oxygen atoms in total. The van der Waals surface area contributed by atoms with Crippen LogP contribution in [0, 0.1) is 0 Å². The number of rotatable bonds is 5. The van der Waals surface area contributed by atoms with Gasteiger partial charge in [-0.2, -0.15) is 0 Å². The molecule has 7 heteroatoms. The molecule has 1 aliphatic heterocycles. The maximum absolute atomic E-state index is 12.3. The average Bonchev–Trinajstić information content (AvgIpc) is 2.70. The van der Waals surface area contributed by atoms with E-state index < -0.39 is 9.84 Å². The summed E-state index contributed by atoms with van der Waals surface area (Å²) in [6.07, 6.45) is 0.422. The Kier molecular flexibility index (Phi) is 5.33. The third-order valence-corrected chi connectivity index (χ3v) is 5.31. The highest BCUT2D eigenvalue weighted by atomic mass is 32.2. The van der Waals surface area contributed by atoms with Crippen molar-refractivity contribution in [3.05, 3.63) is 29.8 Å². The monoisotopic (exact) mass is 311 g/mol. The van der Waals surface area contributed by atoms with E-state index in [2.05, 4.69) is 5.32 Å². The fraction of sp³-hybridized carbons (Fsp3) is 0.500. The van der Waals surface area contributed by atoms with Gasteiger partial charge in [-0.25, -0.2) is 8.42 Å². The van der Waals surface area contributed by atoms with Crippen molar-refractivity contribution in [2.45, 2.75) is 17.9 Å². The Bertz CT molecular complexity index is 584. The third-order valence-electron chi connectivity index (χ3n) is 3.60. The Labute approximate surface area is 125 Å². The Morgan fingerprint density at radius 2 is 1.90 bits per heavy atom. The molecule has 2 rings (SSSR count). The summed E-state index contributed by atoms with van der Waals surface area (Å²) in [5, 5.41) is 2.77. The summed E-state index contributed by atoms with van der Waals surface area (Å²) in [5.74, 6) is 0.0844. The first-order valence-electron chi connectivity index (χ1n) is 7.02. The average molecular weight is 311 g/mol. The molecule has 1 heterocycles. The fourth-order valence-electron chi connectivity index (χ4n) is 2.24. The summed E-state index contributed by atoms with van der Waals surface area (Å²) in [7, 11) is -3.30. The van der Waals surface area contributed by atoms with E-state index in [0.717, 1.165) is 5.56 Å². The number of carbonyl (C=O) groups is 1. The molecule has 1 aliphatic rings. The second-order valence-electron chi connectivity index (χ2n) is 5.11. The van der Waals surface area contributed by atoms with Crippen LogP contribution in [0.15, 0.2) is 29.2 Å². The number of nitrogens with zero attached hydrogens (tertiary/aromatic N) is 1. The summed E-state index contributed by atoms with van der Waals surface area (Å²) in [5.41, 5.74) is 6.41. The molecule has 0 bridgehead atoms. The normalized spacial score (nSPS) is 17.3. The number of sulfone groups is 1. The van der Waals surface area contributed by atoms with Crippen LogP contribution < -0.4 is 11.1 Å². The van der Waals surface area contributed by atoms with Crippen LogP contribution in [0.4, 0.5) is 0 Å². The largest absolute Gasteiger partial charge is 0.355 e. The molecule has 3 N–H and O–H groups in total. The van der Waals surface area contributed by atoms with E-state index in [4.69, 9.17) is 5.73 Å². The van der Waals surface area contributed by atoms with Crippen molar-refractivity contribution in [3.8, 4) is 0 Å². The summed E-state index contributed by atoms with van der Waals surface area (Å²) in [4.78, 5) is 13.6. The number of nitrogens with one attached hydrogen (secondary N) is 1. The van der Waals surface area contributed by atoms with Gasteiger partial charge < -0.3 is 16.0 Å². The van der Waals surface area contributed by atoms with Crippen LogP contribution in [0.3, 0.4) is 0 Å². The van der Waals surface area contributed by atoms with Crippen molar-refractivity contribution >= 4 is 15.7 Å². The number of hydrogen-bond donors (Lipinski definition) is 2. The molecular weight excluding hydrogens is 290 g/mol. The molecule has 1 aromatic carbocycles. The lowest BCUT2D eigenvalue weighted by Gasteiger charge is -2.18. The van der Waals surface area contributed by atoms with Crippen LogP contribution in [0.5, 0.6) is 0 Å². The van der Waals surface area contributed by atoms with Gasteiger partial charge in [0.25, 0.3) is 0 Å². The smallest absolute Gasteiger partial charge is 0.221 e. The number of benzene rings is 1. The Morgan fingerprint density at radius 3 is 2.57 bits per heavy atom. The Morgan fingerprint density at radius 1 is 1.19 bits per heavy atom. The minimum atomic E-state index is -3.30. The molecule has 0 spiro atoms. The second-order valence-corrected chi connectivity index (χ2v) is 7.22. The summed E-state index contributed by atoms with van der Waals surface area (Å²) in [6, 6.07) is 6.68.